The zero-order valence-electron chi connectivity index (χ0n) is 10.8. The lowest BCUT2D eigenvalue weighted by Crippen LogP contribution is -2.24. The van der Waals surface area contributed by atoms with E-state index in [1.165, 1.54) is 11.5 Å². The molecule has 4 nitrogen and oxygen atoms in total. The van der Waals surface area contributed by atoms with Crippen LogP contribution in [0.25, 0.3) is 0 Å². The fraction of sp³-hybridized carbons (Fsp3) is 0.385. The number of halogens is 1. The van der Waals surface area contributed by atoms with Crippen LogP contribution in [-0.4, -0.2) is 21.2 Å². The minimum atomic E-state index is -0.527. The van der Waals surface area contributed by atoms with E-state index >= 15 is 0 Å². The molecule has 0 amide bonds. The number of nitrogens with one attached hydrogen (secondary N) is 1. The minimum Gasteiger partial charge on any atom is -0.387 e. The fourth-order valence-electron chi connectivity index (χ4n) is 1.85. The van der Waals surface area contributed by atoms with Crippen molar-refractivity contribution < 1.29 is 5.11 Å². The van der Waals surface area contributed by atoms with Crippen LogP contribution in [0.2, 0.25) is 0 Å². The second-order valence-electron chi connectivity index (χ2n) is 4.42. The highest BCUT2D eigenvalue weighted by molar-refractivity contribution is 9.10. The van der Waals surface area contributed by atoms with Gasteiger partial charge in [-0.2, -0.15) is 0 Å². The summed E-state index contributed by atoms with van der Waals surface area (Å²) >= 11 is 4.80. The van der Waals surface area contributed by atoms with Crippen molar-refractivity contribution >= 4 is 27.5 Å². The Bertz CT molecular complexity index is 546. The van der Waals surface area contributed by atoms with Crippen LogP contribution >= 0.6 is 27.5 Å². The van der Waals surface area contributed by atoms with Crippen LogP contribution in [0.3, 0.4) is 0 Å². The quantitative estimate of drug-likeness (QED) is 0.877. The maximum atomic E-state index is 10.1. The average molecular weight is 342 g/mol. The molecule has 1 aromatic heterocycles. The number of aromatic nitrogens is 2. The lowest BCUT2D eigenvalue weighted by atomic mass is 10.1. The van der Waals surface area contributed by atoms with Gasteiger partial charge in [-0.3, -0.25) is 0 Å². The molecule has 0 saturated carbocycles. The Hall–Kier alpha value is -0.820. The van der Waals surface area contributed by atoms with Crippen LogP contribution in [0.1, 0.15) is 35.2 Å². The molecule has 102 valence electrons. The van der Waals surface area contributed by atoms with Crippen LogP contribution in [0.15, 0.2) is 28.7 Å². The standard InChI is InChI=1S/C13H16BrN3OS/c1-8(13-9(2)16-17-19-13)15-7-12(18)10-4-3-5-11(14)6-10/h3-6,8,12,15,18H,7H2,1-2H3/t8?,12-/m1/s1. The molecule has 0 aliphatic heterocycles. The van der Waals surface area contributed by atoms with E-state index in [4.69, 9.17) is 0 Å². The van der Waals surface area contributed by atoms with Crippen LogP contribution in [0.4, 0.5) is 0 Å². The van der Waals surface area contributed by atoms with Crippen molar-refractivity contribution in [3.63, 3.8) is 0 Å². The van der Waals surface area contributed by atoms with Gasteiger partial charge >= 0.3 is 0 Å². The maximum Gasteiger partial charge on any atom is 0.0914 e. The minimum absolute atomic E-state index is 0.141. The number of aliphatic hydroxyl groups is 1. The average Bonchev–Trinajstić information content (AvgIpc) is 2.82. The SMILES string of the molecule is Cc1nnsc1C(C)NC[C@@H](O)c1cccc(Br)c1. The van der Waals surface area contributed by atoms with E-state index in [-0.39, 0.29) is 6.04 Å². The molecular weight excluding hydrogens is 326 g/mol. The lowest BCUT2D eigenvalue weighted by molar-refractivity contribution is 0.171. The van der Waals surface area contributed by atoms with Gasteiger partial charge in [-0.25, -0.2) is 0 Å². The number of hydrogen-bond acceptors (Lipinski definition) is 5. The molecule has 6 heteroatoms. The number of benzene rings is 1. The van der Waals surface area contributed by atoms with Crippen LogP contribution in [-0.2, 0) is 0 Å². The Morgan fingerprint density at radius 2 is 2.26 bits per heavy atom. The summed E-state index contributed by atoms with van der Waals surface area (Å²) in [4.78, 5) is 1.11. The van der Waals surface area contributed by atoms with Crippen molar-refractivity contribution in [3.05, 3.63) is 44.9 Å². The van der Waals surface area contributed by atoms with E-state index in [9.17, 15) is 5.11 Å². The number of aryl methyl sites for hydroxylation is 1. The summed E-state index contributed by atoms with van der Waals surface area (Å²) in [5, 5.41) is 17.5. The molecule has 2 atom stereocenters. The Morgan fingerprint density at radius 3 is 2.89 bits per heavy atom. The van der Waals surface area contributed by atoms with Gasteiger partial charge in [0.2, 0.25) is 0 Å². The molecule has 0 fully saturated rings. The Kier molecular flexibility index (Phi) is 5.04. The summed E-state index contributed by atoms with van der Waals surface area (Å²) in [6.07, 6.45) is -0.527. The molecule has 0 bridgehead atoms. The highest BCUT2D eigenvalue weighted by Crippen LogP contribution is 2.21. The van der Waals surface area contributed by atoms with Gasteiger partial charge in [0.1, 0.15) is 0 Å². The van der Waals surface area contributed by atoms with Crippen molar-refractivity contribution in [1.29, 1.82) is 0 Å². The molecular formula is C13H16BrN3OS. The molecule has 2 N–H and O–H groups in total. The summed E-state index contributed by atoms with van der Waals surface area (Å²) in [6, 6.07) is 7.85. The Labute approximate surface area is 125 Å². The first kappa shape index (κ1) is 14.6. The molecule has 0 aliphatic rings. The third kappa shape index (κ3) is 3.82. The molecule has 1 unspecified atom stereocenters. The van der Waals surface area contributed by atoms with Gasteiger partial charge in [0.15, 0.2) is 0 Å². The van der Waals surface area contributed by atoms with Crippen LogP contribution in [0, 0.1) is 6.92 Å². The summed E-state index contributed by atoms with van der Waals surface area (Å²) in [7, 11) is 0. The van der Waals surface area contributed by atoms with E-state index in [0.29, 0.717) is 6.54 Å². The number of aliphatic hydroxyl groups excluding tert-OH is 1. The summed E-state index contributed by atoms with van der Waals surface area (Å²) in [6.45, 7) is 4.49. The van der Waals surface area contributed by atoms with Gasteiger partial charge in [-0.05, 0) is 43.1 Å². The van der Waals surface area contributed by atoms with Gasteiger partial charge in [0.25, 0.3) is 0 Å². The lowest BCUT2D eigenvalue weighted by Gasteiger charge is -2.16. The summed E-state index contributed by atoms with van der Waals surface area (Å²) in [5.41, 5.74) is 1.84. The highest BCUT2D eigenvalue weighted by atomic mass is 79.9. The normalized spacial score (nSPS) is 14.3. The second-order valence-corrected chi connectivity index (χ2v) is 6.12. The zero-order valence-corrected chi connectivity index (χ0v) is 13.2. The molecule has 1 aromatic carbocycles. The summed E-state index contributed by atoms with van der Waals surface area (Å²) < 4.78 is 4.89. The van der Waals surface area contributed by atoms with E-state index in [1.807, 2.05) is 31.2 Å². The largest absolute Gasteiger partial charge is 0.387 e. The smallest absolute Gasteiger partial charge is 0.0914 e. The zero-order chi connectivity index (χ0) is 13.8. The van der Waals surface area contributed by atoms with E-state index in [0.717, 1.165) is 20.6 Å². The van der Waals surface area contributed by atoms with Crippen LogP contribution < -0.4 is 5.32 Å². The maximum absolute atomic E-state index is 10.1. The molecule has 19 heavy (non-hydrogen) atoms. The second kappa shape index (κ2) is 6.56. The third-order valence-electron chi connectivity index (χ3n) is 2.93. The number of nitrogens with zero attached hydrogens (tertiary/aromatic N) is 2. The molecule has 0 aliphatic carbocycles. The van der Waals surface area contributed by atoms with Crippen LogP contribution in [0.5, 0.6) is 0 Å². The predicted molar refractivity (Wildman–Crippen MR) is 80.2 cm³/mol. The van der Waals surface area contributed by atoms with E-state index in [2.05, 4.69) is 37.8 Å². The van der Waals surface area contributed by atoms with Gasteiger partial charge in [-0.1, -0.05) is 32.6 Å². The first-order valence-corrected chi connectivity index (χ1v) is 7.60. The molecule has 2 rings (SSSR count). The van der Waals surface area contributed by atoms with Gasteiger partial charge in [0, 0.05) is 17.1 Å². The van der Waals surface area contributed by atoms with Crippen molar-refractivity contribution in [3.8, 4) is 0 Å². The fourth-order valence-corrected chi connectivity index (χ4v) is 2.93. The van der Waals surface area contributed by atoms with Crippen molar-refractivity contribution in [2.75, 3.05) is 6.54 Å². The van der Waals surface area contributed by atoms with Crippen molar-refractivity contribution in [2.24, 2.45) is 0 Å². The first-order valence-electron chi connectivity index (χ1n) is 6.03. The molecule has 0 saturated heterocycles. The predicted octanol–water partition coefficient (Wildman–Crippen LogP) is 2.99. The molecule has 1 heterocycles. The molecule has 2 aromatic rings. The van der Waals surface area contributed by atoms with Crippen molar-refractivity contribution in [1.82, 2.24) is 14.9 Å². The van der Waals surface area contributed by atoms with E-state index in [1.54, 1.807) is 0 Å². The van der Waals surface area contributed by atoms with Gasteiger partial charge in [-0.15, -0.1) is 5.10 Å². The first-order chi connectivity index (χ1) is 9.08. The monoisotopic (exact) mass is 341 g/mol. The Morgan fingerprint density at radius 1 is 1.47 bits per heavy atom. The molecule has 0 radical (unpaired) electrons. The highest BCUT2D eigenvalue weighted by Gasteiger charge is 2.14. The van der Waals surface area contributed by atoms with Gasteiger partial charge < -0.3 is 10.4 Å². The summed E-state index contributed by atoms with van der Waals surface area (Å²) in [5.74, 6) is 0. The Balaban J connectivity index is 1.94. The topological polar surface area (TPSA) is 58.0 Å². The third-order valence-corrected chi connectivity index (χ3v) is 4.43. The van der Waals surface area contributed by atoms with E-state index < -0.39 is 6.10 Å². The number of rotatable bonds is 5. The molecule has 0 spiro atoms. The van der Waals surface area contributed by atoms with Gasteiger partial charge in [0.05, 0.1) is 16.7 Å². The number of hydrogen-bond donors (Lipinski definition) is 2. The van der Waals surface area contributed by atoms with Crippen molar-refractivity contribution in [2.45, 2.75) is 26.0 Å².